The van der Waals surface area contributed by atoms with Crippen LogP contribution >= 0.6 is 0 Å². The highest BCUT2D eigenvalue weighted by molar-refractivity contribution is 5.95. The molecule has 28 heavy (non-hydrogen) atoms. The maximum absolute atomic E-state index is 12.4. The minimum atomic E-state index is -0.958. The monoisotopic (exact) mass is 381 g/mol. The van der Waals surface area contributed by atoms with Crippen LogP contribution in [0.1, 0.15) is 48.5 Å². The van der Waals surface area contributed by atoms with Crippen molar-refractivity contribution >= 4 is 17.6 Å². The number of carbonyl (C=O) groups is 2. The Morgan fingerprint density at radius 3 is 2.46 bits per heavy atom. The third kappa shape index (κ3) is 5.12. The van der Waals surface area contributed by atoms with Crippen molar-refractivity contribution in [3.05, 3.63) is 59.7 Å². The Kier molecular flexibility index (Phi) is 6.69. The fourth-order valence-corrected chi connectivity index (χ4v) is 3.47. The van der Waals surface area contributed by atoms with Crippen LogP contribution in [0.4, 0.5) is 5.69 Å². The van der Waals surface area contributed by atoms with Crippen molar-refractivity contribution in [1.82, 2.24) is 0 Å². The van der Waals surface area contributed by atoms with Gasteiger partial charge in [0, 0.05) is 24.6 Å². The van der Waals surface area contributed by atoms with Crippen molar-refractivity contribution in [2.24, 2.45) is 5.92 Å². The van der Waals surface area contributed by atoms with Crippen molar-refractivity contribution in [1.29, 1.82) is 0 Å². The minimum Gasteiger partial charge on any atom is -0.493 e. The van der Waals surface area contributed by atoms with Crippen LogP contribution in [-0.4, -0.2) is 30.1 Å². The van der Waals surface area contributed by atoms with Gasteiger partial charge in [-0.3, -0.25) is 4.79 Å². The van der Waals surface area contributed by atoms with Gasteiger partial charge in [0.05, 0.1) is 12.2 Å². The molecular weight excluding hydrogens is 354 g/mol. The highest BCUT2D eigenvalue weighted by Crippen LogP contribution is 2.26. The lowest BCUT2D eigenvalue weighted by molar-refractivity contribution is -0.117. The Bertz CT molecular complexity index is 798. The molecule has 1 saturated heterocycles. The van der Waals surface area contributed by atoms with Crippen molar-refractivity contribution in [2.75, 3.05) is 18.1 Å². The molecule has 1 amide bonds. The molecule has 2 aromatic rings. The summed E-state index contributed by atoms with van der Waals surface area (Å²) in [6, 6.07) is 14.6. The maximum atomic E-state index is 12.4. The summed E-state index contributed by atoms with van der Waals surface area (Å²) in [6.07, 6.45) is 5.20. The molecule has 1 atom stereocenters. The summed E-state index contributed by atoms with van der Waals surface area (Å²) in [5.41, 5.74) is 2.48. The molecule has 5 heteroatoms. The second-order valence-corrected chi connectivity index (χ2v) is 7.34. The van der Waals surface area contributed by atoms with Gasteiger partial charge in [0.1, 0.15) is 5.75 Å². The summed E-state index contributed by atoms with van der Waals surface area (Å²) in [4.78, 5) is 25.1. The van der Waals surface area contributed by atoms with Gasteiger partial charge in [0.2, 0.25) is 5.91 Å². The number of ether oxygens (including phenoxy) is 1. The Morgan fingerprint density at radius 1 is 1.11 bits per heavy atom. The van der Waals surface area contributed by atoms with E-state index in [1.807, 2.05) is 17.0 Å². The van der Waals surface area contributed by atoms with E-state index in [2.05, 4.69) is 19.1 Å². The Hall–Kier alpha value is -2.82. The number of carboxylic acids is 1. The van der Waals surface area contributed by atoms with Crippen molar-refractivity contribution < 1.29 is 19.4 Å². The molecule has 1 aliphatic rings. The van der Waals surface area contributed by atoms with Crippen LogP contribution in [0.2, 0.25) is 0 Å². The first-order valence-corrected chi connectivity index (χ1v) is 9.92. The largest absolute Gasteiger partial charge is 0.493 e. The summed E-state index contributed by atoms with van der Waals surface area (Å²) < 4.78 is 5.76. The molecule has 0 bridgehead atoms. The van der Waals surface area contributed by atoms with E-state index in [1.165, 1.54) is 37.0 Å². The van der Waals surface area contributed by atoms with E-state index >= 15 is 0 Å². The molecule has 1 aliphatic heterocycles. The van der Waals surface area contributed by atoms with Gasteiger partial charge in [0.25, 0.3) is 0 Å². The third-order valence-corrected chi connectivity index (χ3v) is 5.11. The van der Waals surface area contributed by atoms with Gasteiger partial charge < -0.3 is 14.7 Å². The second kappa shape index (κ2) is 9.40. The smallest absolute Gasteiger partial charge is 0.335 e. The van der Waals surface area contributed by atoms with E-state index in [1.54, 1.807) is 12.1 Å². The zero-order valence-electron chi connectivity index (χ0n) is 16.3. The summed E-state index contributed by atoms with van der Waals surface area (Å²) in [7, 11) is 0. The fraction of sp³-hybridized carbons (Fsp3) is 0.391. The van der Waals surface area contributed by atoms with Gasteiger partial charge in [-0.05, 0) is 54.8 Å². The normalized spacial score (nSPS) is 16.4. The Balaban J connectivity index is 1.52. The number of carboxylic acid groups (broad SMARTS) is 1. The van der Waals surface area contributed by atoms with Crippen LogP contribution in [0.3, 0.4) is 0 Å². The number of anilines is 1. The van der Waals surface area contributed by atoms with E-state index in [-0.39, 0.29) is 17.4 Å². The van der Waals surface area contributed by atoms with Crippen molar-refractivity contribution in [3.8, 4) is 5.75 Å². The molecule has 1 N–H and O–H groups in total. The number of carbonyl (C=O) groups excluding carboxylic acids is 1. The summed E-state index contributed by atoms with van der Waals surface area (Å²) in [5.74, 6) is -0.100. The molecule has 1 fully saturated rings. The quantitative estimate of drug-likeness (QED) is 0.647. The molecule has 0 saturated carbocycles. The van der Waals surface area contributed by atoms with Crippen LogP contribution in [0, 0.1) is 5.92 Å². The highest BCUT2D eigenvalue weighted by atomic mass is 16.5. The molecule has 2 aromatic carbocycles. The van der Waals surface area contributed by atoms with Crippen molar-refractivity contribution in [3.63, 3.8) is 0 Å². The molecule has 3 rings (SSSR count). The van der Waals surface area contributed by atoms with Gasteiger partial charge in [-0.2, -0.15) is 0 Å². The zero-order chi connectivity index (χ0) is 19.9. The number of nitrogens with zero attached hydrogens (tertiary/aromatic N) is 1. The molecule has 0 radical (unpaired) electrons. The molecular formula is C23H27NO4. The number of aromatic carboxylic acids is 1. The van der Waals surface area contributed by atoms with Crippen LogP contribution < -0.4 is 9.64 Å². The lowest BCUT2D eigenvalue weighted by Gasteiger charge is -2.17. The van der Waals surface area contributed by atoms with Crippen LogP contribution in [-0.2, 0) is 11.2 Å². The van der Waals surface area contributed by atoms with E-state index in [9.17, 15) is 9.59 Å². The Labute approximate surface area is 165 Å². The standard InChI is InChI=1S/C23H27NO4/c1-2-3-4-5-17-6-10-20(11-7-17)24-15-18(14-22(24)25)16-28-21-12-8-19(9-13-21)23(26)27/h6-13,18H,2-5,14-16H2,1H3,(H,26,27). The number of rotatable bonds is 9. The predicted molar refractivity (Wildman–Crippen MR) is 109 cm³/mol. The van der Waals surface area contributed by atoms with E-state index in [0.29, 0.717) is 25.3 Å². The molecule has 0 aliphatic carbocycles. The van der Waals surface area contributed by atoms with Crippen molar-refractivity contribution in [2.45, 2.75) is 39.0 Å². The number of amides is 1. The SMILES string of the molecule is CCCCCc1ccc(N2CC(COc3ccc(C(=O)O)cc3)CC2=O)cc1. The van der Waals surface area contributed by atoms with Crippen LogP contribution in [0.5, 0.6) is 5.75 Å². The van der Waals surface area contributed by atoms with Crippen LogP contribution in [0.25, 0.3) is 0 Å². The van der Waals surface area contributed by atoms with E-state index in [0.717, 1.165) is 12.1 Å². The van der Waals surface area contributed by atoms with Gasteiger partial charge >= 0.3 is 5.97 Å². The summed E-state index contributed by atoms with van der Waals surface area (Å²) >= 11 is 0. The minimum absolute atomic E-state index is 0.119. The van der Waals surface area contributed by atoms with Gasteiger partial charge in [-0.1, -0.05) is 31.9 Å². The zero-order valence-corrected chi connectivity index (χ0v) is 16.3. The molecule has 0 spiro atoms. The number of benzene rings is 2. The average molecular weight is 381 g/mol. The lowest BCUT2D eigenvalue weighted by atomic mass is 10.1. The third-order valence-electron chi connectivity index (χ3n) is 5.11. The van der Waals surface area contributed by atoms with Gasteiger partial charge in [-0.15, -0.1) is 0 Å². The first-order valence-electron chi connectivity index (χ1n) is 9.92. The first kappa shape index (κ1) is 19.9. The molecule has 0 aromatic heterocycles. The van der Waals surface area contributed by atoms with Gasteiger partial charge in [0.15, 0.2) is 0 Å². The fourth-order valence-electron chi connectivity index (χ4n) is 3.47. The van der Waals surface area contributed by atoms with E-state index < -0.39 is 5.97 Å². The maximum Gasteiger partial charge on any atom is 0.335 e. The Morgan fingerprint density at radius 2 is 1.82 bits per heavy atom. The summed E-state index contributed by atoms with van der Waals surface area (Å²) in [6.45, 7) is 3.28. The number of unbranched alkanes of at least 4 members (excludes halogenated alkanes) is 2. The van der Waals surface area contributed by atoms with Gasteiger partial charge in [-0.25, -0.2) is 4.79 Å². The number of hydrogen-bond acceptors (Lipinski definition) is 3. The topological polar surface area (TPSA) is 66.8 Å². The molecule has 148 valence electrons. The van der Waals surface area contributed by atoms with Crippen LogP contribution in [0.15, 0.2) is 48.5 Å². The molecule has 1 heterocycles. The second-order valence-electron chi connectivity index (χ2n) is 7.34. The average Bonchev–Trinajstić information content (AvgIpc) is 3.08. The molecule has 1 unspecified atom stereocenters. The number of aryl methyl sites for hydroxylation is 1. The summed E-state index contributed by atoms with van der Waals surface area (Å²) in [5, 5.41) is 8.93. The first-order chi connectivity index (χ1) is 13.6. The molecule has 5 nitrogen and oxygen atoms in total. The predicted octanol–water partition coefficient (Wildman–Crippen LogP) is 4.55. The highest BCUT2D eigenvalue weighted by Gasteiger charge is 2.31. The lowest BCUT2D eigenvalue weighted by Crippen LogP contribution is -2.25. The van der Waals surface area contributed by atoms with E-state index in [4.69, 9.17) is 9.84 Å². The number of hydrogen-bond donors (Lipinski definition) is 1.